The number of sulfonamides is 2. The van der Waals surface area contributed by atoms with Gasteiger partial charge in [0.15, 0.2) is 0 Å². The minimum absolute atomic E-state index is 0.0740. The largest absolute Gasteiger partial charge is 0.284 e. The van der Waals surface area contributed by atoms with Crippen molar-refractivity contribution in [1.29, 1.82) is 0 Å². The Balaban J connectivity index is 1.98. The van der Waals surface area contributed by atoms with Crippen LogP contribution in [0.15, 0.2) is 53.6 Å². The molecule has 2 aromatic rings. The molecule has 1 aliphatic rings. The lowest BCUT2D eigenvalue weighted by molar-refractivity contribution is 0.365. The van der Waals surface area contributed by atoms with E-state index in [-0.39, 0.29) is 17.7 Å². The highest BCUT2D eigenvalue weighted by Crippen LogP contribution is 2.36. The van der Waals surface area contributed by atoms with Gasteiger partial charge in [-0.05, 0) is 30.7 Å². The summed E-state index contributed by atoms with van der Waals surface area (Å²) in [7, 11) is -7.18. The topological polar surface area (TPSA) is 95.9 Å². The molecular weight excluding hydrogens is 405 g/mol. The highest BCUT2D eigenvalue weighted by atomic mass is 32.2. The molecule has 0 bridgehead atoms. The van der Waals surface area contributed by atoms with Gasteiger partial charge in [-0.25, -0.2) is 21.2 Å². The van der Waals surface area contributed by atoms with E-state index in [9.17, 15) is 21.2 Å². The van der Waals surface area contributed by atoms with Crippen LogP contribution in [-0.2, 0) is 20.0 Å². The fourth-order valence-electron chi connectivity index (χ4n) is 2.96. The first-order valence-electron chi connectivity index (χ1n) is 8.53. The van der Waals surface area contributed by atoms with E-state index < -0.39 is 31.9 Å². The van der Waals surface area contributed by atoms with Gasteiger partial charge in [0, 0.05) is 17.7 Å². The molecule has 1 heterocycles. The van der Waals surface area contributed by atoms with E-state index in [1.54, 1.807) is 30.3 Å². The summed E-state index contributed by atoms with van der Waals surface area (Å²) in [5, 5.41) is 4.20. The van der Waals surface area contributed by atoms with Gasteiger partial charge in [-0.2, -0.15) is 9.52 Å². The van der Waals surface area contributed by atoms with Gasteiger partial charge in [0.2, 0.25) is 20.0 Å². The number of nitrogens with one attached hydrogen (secondary N) is 1. The number of halogens is 1. The number of anilines is 1. The van der Waals surface area contributed by atoms with Gasteiger partial charge in [-0.1, -0.05) is 30.3 Å². The average Bonchev–Trinajstić information content (AvgIpc) is 3.08. The lowest BCUT2D eigenvalue weighted by Crippen LogP contribution is -2.26. The summed E-state index contributed by atoms with van der Waals surface area (Å²) in [6.07, 6.45) is 1.18. The van der Waals surface area contributed by atoms with Gasteiger partial charge in [0.05, 0.1) is 23.8 Å². The van der Waals surface area contributed by atoms with E-state index in [2.05, 4.69) is 9.82 Å². The Kier molecular flexibility index (Phi) is 5.44. The molecule has 0 spiro atoms. The van der Waals surface area contributed by atoms with Crippen LogP contribution < -0.4 is 4.72 Å². The minimum atomic E-state index is -3.73. The molecule has 7 nitrogen and oxygen atoms in total. The first kappa shape index (κ1) is 20.3. The van der Waals surface area contributed by atoms with Crippen molar-refractivity contribution in [2.24, 2.45) is 5.10 Å². The van der Waals surface area contributed by atoms with E-state index in [4.69, 9.17) is 0 Å². The molecule has 0 radical (unpaired) electrons. The lowest BCUT2D eigenvalue weighted by Gasteiger charge is -2.21. The van der Waals surface area contributed by atoms with Gasteiger partial charge in [0.25, 0.3) is 0 Å². The van der Waals surface area contributed by atoms with Crippen LogP contribution in [0, 0.1) is 5.82 Å². The third-order valence-corrected chi connectivity index (χ3v) is 6.65. The molecular formula is C18H20FN3O4S2. The zero-order chi connectivity index (χ0) is 20.5. The van der Waals surface area contributed by atoms with Crippen LogP contribution in [0.5, 0.6) is 0 Å². The first-order valence-corrected chi connectivity index (χ1v) is 12.0. The van der Waals surface area contributed by atoms with Gasteiger partial charge in [-0.15, -0.1) is 0 Å². The Morgan fingerprint density at radius 1 is 1.14 bits per heavy atom. The highest BCUT2D eigenvalue weighted by Gasteiger charge is 2.35. The van der Waals surface area contributed by atoms with Crippen molar-refractivity contribution < 1.29 is 21.2 Å². The molecule has 3 rings (SSSR count). The van der Waals surface area contributed by atoms with E-state index in [0.717, 1.165) is 10.7 Å². The van der Waals surface area contributed by atoms with Crippen LogP contribution in [0.3, 0.4) is 0 Å². The number of rotatable bonds is 6. The molecule has 0 amide bonds. The molecule has 10 heteroatoms. The van der Waals surface area contributed by atoms with Crippen molar-refractivity contribution in [2.45, 2.75) is 19.4 Å². The number of hydrazone groups is 1. The highest BCUT2D eigenvalue weighted by molar-refractivity contribution is 7.92. The quantitative estimate of drug-likeness (QED) is 0.770. The molecule has 0 saturated carbocycles. The molecule has 1 aliphatic heterocycles. The van der Waals surface area contributed by atoms with Crippen LogP contribution in [0.2, 0.25) is 0 Å². The number of hydrogen-bond donors (Lipinski definition) is 1. The normalized spacial score (nSPS) is 17.5. The summed E-state index contributed by atoms with van der Waals surface area (Å²) in [4.78, 5) is 0. The fraction of sp³-hybridized carbons (Fsp3) is 0.278. The van der Waals surface area contributed by atoms with Crippen molar-refractivity contribution in [1.82, 2.24) is 4.41 Å². The van der Waals surface area contributed by atoms with Crippen molar-refractivity contribution in [3.05, 3.63) is 65.5 Å². The maximum absolute atomic E-state index is 14.3. The van der Waals surface area contributed by atoms with Crippen LogP contribution in [0.4, 0.5) is 10.1 Å². The zero-order valence-corrected chi connectivity index (χ0v) is 17.0. The Morgan fingerprint density at radius 3 is 2.50 bits per heavy atom. The maximum atomic E-state index is 14.3. The monoisotopic (exact) mass is 425 g/mol. The zero-order valence-electron chi connectivity index (χ0n) is 15.3. The number of benzene rings is 2. The maximum Gasteiger partial charge on any atom is 0.247 e. The van der Waals surface area contributed by atoms with Crippen LogP contribution in [0.25, 0.3) is 0 Å². The van der Waals surface area contributed by atoms with Crippen molar-refractivity contribution in [3.8, 4) is 0 Å². The SMILES string of the molecule is CCS(=O)(=O)Nc1cccc(C2=NN(S(C)(=O)=O)[C@@H](c3ccccc3F)C2)c1. The predicted molar refractivity (Wildman–Crippen MR) is 107 cm³/mol. The summed E-state index contributed by atoms with van der Waals surface area (Å²) in [6.45, 7) is 1.52. The fourth-order valence-corrected chi connectivity index (χ4v) is 4.49. The second-order valence-corrected chi connectivity index (χ2v) is 10.3. The Morgan fingerprint density at radius 2 is 1.86 bits per heavy atom. The molecule has 0 aromatic heterocycles. The van der Waals surface area contributed by atoms with Crippen molar-refractivity contribution in [3.63, 3.8) is 0 Å². The number of nitrogens with zero attached hydrogens (tertiary/aromatic N) is 2. The predicted octanol–water partition coefficient (Wildman–Crippen LogP) is 2.70. The molecule has 150 valence electrons. The molecule has 1 N–H and O–H groups in total. The number of hydrogen-bond acceptors (Lipinski definition) is 5. The van der Waals surface area contributed by atoms with Crippen molar-refractivity contribution >= 4 is 31.4 Å². The summed E-state index contributed by atoms with van der Waals surface area (Å²) in [6, 6.07) is 11.7. The average molecular weight is 426 g/mol. The van der Waals surface area contributed by atoms with E-state index >= 15 is 0 Å². The van der Waals surface area contributed by atoms with Crippen molar-refractivity contribution in [2.75, 3.05) is 16.7 Å². The van der Waals surface area contributed by atoms with E-state index in [1.807, 2.05) is 0 Å². The first-order chi connectivity index (χ1) is 13.1. The smallest absolute Gasteiger partial charge is 0.247 e. The molecule has 1 atom stereocenters. The molecule has 2 aromatic carbocycles. The summed E-state index contributed by atoms with van der Waals surface area (Å²) in [5.74, 6) is -0.586. The van der Waals surface area contributed by atoms with Gasteiger partial charge in [-0.3, -0.25) is 4.72 Å². The minimum Gasteiger partial charge on any atom is -0.284 e. The van der Waals surface area contributed by atoms with Crippen LogP contribution >= 0.6 is 0 Å². The standard InChI is InChI=1S/C18H20FN3O4S2/c1-3-28(25,26)21-14-8-6-7-13(11-14)17-12-18(22(20-17)27(2,23)24)15-9-4-5-10-16(15)19/h4-11,18,21H,3,12H2,1-2H3/t18-/m1/s1. The van der Waals surface area contributed by atoms with E-state index in [1.165, 1.54) is 25.1 Å². The second kappa shape index (κ2) is 7.51. The van der Waals surface area contributed by atoms with Gasteiger partial charge in [0.1, 0.15) is 5.82 Å². The molecule has 0 aliphatic carbocycles. The summed E-state index contributed by atoms with van der Waals surface area (Å²) >= 11 is 0. The Labute approximate surface area is 164 Å². The third-order valence-electron chi connectivity index (χ3n) is 4.33. The molecule has 0 unspecified atom stereocenters. The lowest BCUT2D eigenvalue weighted by atomic mass is 9.98. The second-order valence-electron chi connectivity index (χ2n) is 6.41. The van der Waals surface area contributed by atoms with Crippen LogP contribution in [0.1, 0.15) is 30.5 Å². The molecule has 0 fully saturated rings. The Hall–Kier alpha value is -2.46. The summed E-state index contributed by atoms with van der Waals surface area (Å²) in [5.41, 5.74) is 1.57. The van der Waals surface area contributed by atoms with Gasteiger partial charge < -0.3 is 0 Å². The third kappa shape index (κ3) is 4.33. The molecule has 0 saturated heterocycles. The molecule has 28 heavy (non-hydrogen) atoms. The van der Waals surface area contributed by atoms with Gasteiger partial charge >= 0.3 is 0 Å². The van der Waals surface area contributed by atoms with Crippen LogP contribution in [-0.4, -0.2) is 39.0 Å². The van der Waals surface area contributed by atoms with E-state index in [0.29, 0.717) is 17.0 Å². The Bertz CT molecular complexity index is 1130. The summed E-state index contributed by atoms with van der Waals surface area (Å²) < 4.78 is 65.6.